The number of hydrogen-bond acceptors (Lipinski definition) is 3. The number of amides is 2. The van der Waals surface area contributed by atoms with Gasteiger partial charge in [-0.15, -0.1) is 11.3 Å². The zero-order chi connectivity index (χ0) is 18.8. The standard InChI is InChI=1S/C22H20N2O2S/c1-15-6-11-19-17(14-15)4-2-12-24(19)22(26)16-7-9-18(10-8-16)23-21(25)20-5-3-13-27-20/h3,5-11,13-14H,2,4,12H2,1H3,(H,23,25). The molecule has 4 nitrogen and oxygen atoms in total. The minimum Gasteiger partial charge on any atom is -0.321 e. The number of carbonyl (C=O) groups is 2. The van der Waals surface area contributed by atoms with E-state index in [-0.39, 0.29) is 11.8 Å². The van der Waals surface area contributed by atoms with Crippen molar-refractivity contribution >= 4 is 34.5 Å². The highest BCUT2D eigenvalue weighted by Crippen LogP contribution is 2.29. The van der Waals surface area contributed by atoms with Crippen molar-refractivity contribution in [3.8, 4) is 0 Å². The van der Waals surface area contributed by atoms with Gasteiger partial charge >= 0.3 is 0 Å². The van der Waals surface area contributed by atoms with E-state index in [1.54, 1.807) is 30.3 Å². The number of nitrogens with one attached hydrogen (secondary N) is 1. The zero-order valence-electron chi connectivity index (χ0n) is 15.1. The number of carbonyl (C=O) groups excluding carboxylic acids is 2. The van der Waals surface area contributed by atoms with Crippen LogP contribution in [0.5, 0.6) is 0 Å². The quantitative estimate of drug-likeness (QED) is 0.707. The van der Waals surface area contributed by atoms with Crippen molar-refractivity contribution in [2.24, 2.45) is 0 Å². The zero-order valence-corrected chi connectivity index (χ0v) is 15.9. The Bertz CT molecular complexity index is 978. The van der Waals surface area contributed by atoms with Gasteiger partial charge in [-0.05, 0) is 67.1 Å². The average molecular weight is 376 g/mol. The monoisotopic (exact) mass is 376 g/mol. The summed E-state index contributed by atoms with van der Waals surface area (Å²) in [5.74, 6) is -0.139. The van der Waals surface area contributed by atoms with Crippen molar-refractivity contribution in [1.82, 2.24) is 0 Å². The predicted molar refractivity (Wildman–Crippen MR) is 110 cm³/mol. The fraction of sp³-hybridized carbons (Fsp3) is 0.182. The topological polar surface area (TPSA) is 49.4 Å². The van der Waals surface area contributed by atoms with E-state index in [1.165, 1.54) is 22.5 Å². The van der Waals surface area contributed by atoms with Gasteiger partial charge in [-0.1, -0.05) is 23.8 Å². The molecule has 1 aromatic heterocycles. The molecule has 5 heteroatoms. The summed E-state index contributed by atoms with van der Waals surface area (Å²) in [4.78, 5) is 27.7. The molecule has 0 unspecified atom stereocenters. The highest BCUT2D eigenvalue weighted by Gasteiger charge is 2.23. The maximum absolute atomic E-state index is 13.0. The van der Waals surface area contributed by atoms with Gasteiger partial charge in [-0.3, -0.25) is 9.59 Å². The third-order valence-corrected chi connectivity index (χ3v) is 5.60. The minimum atomic E-state index is -0.135. The van der Waals surface area contributed by atoms with Gasteiger partial charge in [-0.2, -0.15) is 0 Å². The van der Waals surface area contributed by atoms with Crippen molar-refractivity contribution in [2.75, 3.05) is 16.8 Å². The minimum absolute atomic E-state index is 0.00376. The molecule has 0 radical (unpaired) electrons. The second-order valence-electron chi connectivity index (χ2n) is 6.70. The summed E-state index contributed by atoms with van der Waals surface area (Å²) in [5, 5.41) is 4.73. The number of aryl methyl sites for hydroxylation is 2. The summed E-state index contributed by atoms with van der Waals surface area (Å²) in [7, 11) is 0. The average Bonchev–Trinajstić information content (AvgIpc) is 3.22. The highest BCUT2D eigenvalue weighted by atomic mass is 32.1. The van der Waals surface area contributed by atoms with Gasteiger partial charge in [0.1, 0.15) is 0 Å². The first kappa shape index (κ1) is 17.5. The number of fused-ring (bicyclic) bond motifs is 1. The van der Waals surface area contributed by atoms with Gasteiger partial charge < -0.3 is 10.2 Å². The third-order valence-electron chi connectivity index (χ3n) is 4.73. The maximum Gasteiger partial charge on any atom is 0.265 e. The van der Waals surface area contributed by atoms with Gasteiger partial charge in [0.05, 0.1) is 4.88 Å². The molecule has 1 aliphatic heterocycles. The molecule has 0 bridgehead atoms. The summed E-state index contributed by atoms with van der Waals surface area (Å²) in [5.41, 5.74) is 4.76. The molecule has 0 atom stereocenters. The van der Waals surface area contributed by atoms with Crippen LogP contribution in [0.1, 0.15) is 37.6 Å². The van der Waals surface area contributed by atoms with Crippen LogP contribution in [0, 0.1) is 6.92 Å². The first-order valence-corrected chi connectivity index (χ1v) is 9.86. The van der Waals surface area contributed by atoms with E-state index in [0.717, 1.165) is 25.1 Å². The Morgan fingerprint density at radius 2 is 1.89 bits per heavy atom. The number of anilines is 2. The van der Waals surface area contributed by atoms with Crippen LogP contribution in [0.3, 0.4) is 0 Å². The number of rotatable bonds is 3. The normalized spacial score (nSPS) is 13.1. The van der Waals surface area contributed by atoms with Crippen LogP contribution in [0.15, 0.2) is 60.0 Å². The molecule has 3 aromatic rings. The highest BCUT2D eigenvalue weighted by molar-refractivity contribution is 7.12. The largest absolute Gasteiger partial charge is 0.321 e. The fourth-order valence-corrected chi connectivity index (χ4v) is 4.01. The van der Waals surface area contributed by atoms with Crippen LogP contribution in [0.25, 0.3) is 0 Å². The molecule has 2 aromatic carbocycles. The lowest BCUT2D eigenvalue weighted by atomic mass is 9.99. The van der Waals surface area contributed by atoms with Gasteiger partial charge in [-0.25, -0.2) is 0 Å². The maximum atomic E-state index is 13.0. The van der Waals surface area contributed by atoms with Gasteiger partial charge in [0.2, 0.25) is 0 Å². The molecule has 2 amide bonds. The number of thiophene rings is 1. The molecular formula is C22H20N2O2S. The first-order valence-electron chi connectivity index (χ1n) is 8.98. The lowest BCUT2D eigenvalue weighted by Crippen LogP contribution is -2.35. The molecule has 0 spiro atoms. The van der Waals surface area contributed by atoms with Crippen LogP contribution < -0.4 is 10.2 Å². The van der Waals surface area contributed by atoms with Crippen LogP contribution in [0.4, 0.5) is 11.4 Å². The van der Waals surface area contributed by atoms with Crippen LogP contribution in [-0.4, -0.2) is 18.4 Å². The van der Waals surface area contributed by atoms with E-state index in [1.807, 2.05) is 28.5 Å². The molecule has 0 saturated carbocycles. The molecule has 136 valence electrons. The predicted octanol–water partition coefficient (Wildman–Crippen LogP) is 4.90. The van der Waals surface area contributed by atoms with Crippen molar-refractivity contribution in [2.45, 2.75) is 19.8 Å². The van der Waals surface area contributed by atoms with Gasteiger partial charge in [0, 0.05) is 23.5 Å². The third kappa shape index (κ3) is 3.64. The van der Waals surface area contributed by atoms with E-state index in [0.29, 0.717) is 16.1 Å². The Kier molecular flexibility index (Phi) is 4.77. The number of nitrogens with zero attached hydrogens (tertiary/aromatic N) is 1. The molecule has 1 N–H and O–H groups in total. The Morgan fingerprint density at radius 1 is 1.07 bits per heavy atom. The number of hydrogen-bond donors (Lipinski definition) is 1. The Hall–Kier alpha value is -2.92. The second kappa shape index (κ2) is 7.37. The van der Waals surface area contributed by atoms with E-state index >= 15 is 0 Å². The number of benzene rings is 2. The van der Waals surface area contributed by atoms with Crippen LogP contribution >= 0.6 is 11.3 Å². The summed E-state index contributed by atoms with van der Waals surface area (Å²) in [6, 6.07) is 17.0. The Labute approximate surface area is 162 Å². The van der Waals surface area contributed by atoms with E-state index in [4.69, 9.17) is 0 Å². The molecule has 0 fully saturated rings. The van der Waals surface area contributed by atoms with Crippen molar-refractivity contribution in [3.63, 3.8) is 0 Å². The SMILES string of the molecule is Cc1ccc2c(c1)CCCN2C(=O)c1ccc(NC(=O)c2cccs2)cc1. The van der Waals surface area contributed by atoms with Crippen molar-refractivity contribution in [1.29, 1.82) is 0 Å². The second-order valence-corrected chi connectivity index (χ2v) is 7.65. The molecule has 4 rings (SSSR count). The van der Waals surface area contributed by atoms with E-state index in [9.17, 15) is 9.59 Å². The van der Waals surface area contributed by atoms with E-state index in [2.05, 4.69) is 18.3 Å². The summed E-state index contributed by atoms with van der Waals surface area (Å²) in [6.07, 6.45) is 1.98. The van der Waals surface area contributed by atoms with Crippen LogP contribution in [-0.2, 0) is 6.42 Å². The van der Waals surface area contributed by atoms with Crippen LogP contribution in [0.2, 0.25) is 0 Å². The molecular weight excluding hydrogens is 356 g/mol. The molecule has 0 aliphatic carbocycles. The summed E-state index contributed by atoms with van der Waals surface area (Å²) < 4.78 is 0. The molecule has 27 heavy (non-hydrogen) atoms. The van der Waals surface area contributed by atoms with Crippen molar-refractivity contribution < 1.29 is 9.59 Å². The van der Waals surface area contributed by atoms with E-state index < -0.39 is 0 Å². The molecule has 2 heterocycles. The lowest BCUT2D eigenvalue weighted by molar-refractivity contribution is 0.0984. The lowest BCUT2D eigenvalue weighted by Gasteiger charge is -2.30. The Morgan fingerprint density at radius 3 is 2.63 bits per heavy atom. The van der Waals surface area contributed by atoms with Crippen molar-refractivity contribution in [3.05, 3.63) is 81.5 Å². The Balaban J connectivity index is 1.51. The van der Waals surface area contributed by atoms with Gasteiger partial charge in [0.15, 0.2) is 0 Å². The first-order chi connectivity index (χ1) is 13.1. The smallest absolute Gasteiger partial charge is 0.265 e. The fourth-order valence-electron chi connectivity index (χ4n) is 3.39. The summed E-state index contributed by atoms with van der Waals surface area (Å²) >= 11 is 1.40. The summed E-state index contributed by atoms with van der Waals surface area (Å²) in [6.45, 7) is 2.80. The molecule has 0 saturated heterocycles. The van der Waals surface area contributed by atoms with Gasteiger partial charge in [0.25, 0.3) is 11.8 Å². The molecule has 1 aliphatic rings.